The van der Waals surface area contributed by atoms with Gasteiger partial charge in [-0.1, -0.05) is 79.3 Å². The summed E-state index contributed by atoms with van der Waals surface area (Å²) in [5.74, 6) is 0.855. The first kappa shape index (κ1) is 20.4. The molecule has 0 saturated carbocycles. The Hall–Kier alpha value is -2.86. The summed E-state index contributed by atoms with van der Waals surface area (Å²) in [5.41, 5.74) is 4.09. The van der Waals surface area contributed by atoms with E-state index in [1.54, 1.807) is 11.8 Å². The standard InChI is InChI=1S/C24H25N3O2S/c1-17-15-20(28)27(21(29)16-17)13-8-14-30-24-25-22(18-9-4-2-5-10-18)23(26-24)19-11-6-3-7-12-19/h2-7,9-12,17H,8,13-16H2,1H3,(H,25,26). The van der Waals surface area contributed by atoms with E-state index in [-0.39, 0.29) is 17.7 Å². The molecule has 0 aliphatic carbocycles. The highest BCUT2D eigenvalue weighted by atomic mass is 32.2. The van der Waals surface area contributed by atoms with Crippen molar-refractivity contribution in [1.82, 2.24) is 14.9 Å². The number of hydrogen-bond donors (Lipinski definition) is 1. The first-order chi connectivity index (χ1) is 14.6. The lowest BCUT2D eigenvalue weighted by Crippen LogP contribution is -2.43. The first-order valence-corrected chi connectivity index (χ1v) is 11.3. The van der Waals surface area contributed by atoms with E-state index in [0.29, 0.717) is 19.4 Å². The van der Waals surface area contributed by atoms with Gasteiger partial charge in [-0.3, -0.25) is 14.5 Å². The van der Waals surface area contributed by atoms with Gasteiger partial charge in [0.25, 0.3) is 0 Å². The monoisotopic (exact) mass is 419 g/mol. The molecule has 0 unspecified atom stereocenters. The average Bonchev–Trinajstić information content (AvgIpc) is 3.18. The van der Waals surface area contributed by atoms with Crippen molar-refractivity contribution < 1.29 is 9.59 Å². The smallest absolute Gasteiger partial charge is 0.229 e. The summed E-state index contributed by atoms with van der Waals surface area (Å²) in [5, 5.41) is 0.845. The Bertz CT molecular complexity index is 942. The number of benzene rings is 2. The van der Waals surface area contributed by atoms with Crippen molar-refractivity contribution in [2.45, 2.75) is 31.3 Å². The Balaban J connectivity index is 1.44. The highest BCUT2D eigenvalue weighted by Crippen LogP contribution is 2.32. The second-order valence-electron chi connectivity index (χ2n) is 7.65. The van der Waals surface area contributed by atoms with Crippen LogP contribution in [0.3, 0.4) is 0 Å². The third-order valence-electron chi connectivity index (χ3n) is 5.20. The average molecular weight is 420 g/mol. The molecule has 5 nitrogen and oxygen atoms in total. The Kier molecular flexibility index (Phi) is 6.33. The molecular formula is C24H25N3O2S. The summed E-state index contributed by atoms with van der Waals surface area (Å²) >= 11 is 1.62. The highest BCUT2D eigenvalue weighted by Gasteiger charge is 2.29. The summed E-state index contributed by atoms with van der Waals surface area (Å²) in [7, 11) is 0. The highest BCUT2D eigenvalue weighted by molar-refractivity contribution is 7.99. The minimum atomic E-state index is -0.0422. The number of imidazole rings is 1. The van der Waals surface area contributed by atoms with Gasteiger partial charge in [-0.15, -0.1) is 0 Å². The molecule has 2 amide bonds. The maximum Gasteiger partial charge on any atom is 0.229 e. The van der Waals surface area contributed by atoms with Gasteiger partial charge in [0.1, 0.15) is 0 Å². The van der Waals surface area contributed by atoms with Crippen LogP contribution in [-0.4, -0.2) is 39.0 Å². The molecule has 3 aromatic rings. The first-order valence-electron chi connectivity index (χ1n) is 10.3. The minimum absolute atomic E-state index is 0.0422. The number of likely N-dealkylation sites (tertiary alicyclic amines) is 1. The van der Waals surface area contributed by atoms with E-state index in [0.717, 1.165) is 39.8 Å². The normalized spacial score (nSPS) is 15.0. The molecular weight excluding hydrogens is 394 g/mol. The van der Waals surface area contributed by atoms with Gasteiger partial charge >= 0.3 is 0 Å². The quantitative estimate of drug-likeness (QED) is 0.332. The number of thioether (sulfide) groups is 1. The van der Waals surface area contributed by atoms with Gasteiger partial charge in [-0.2, -0.15) is 0 Å². The number of aromatic nitrogens is 2. The third-order valence-corrected chi connectivity index (χ3v) is 6.16. The number of nitrogens with zero attached hydrogens (tertiary/aromatic N) is 2. The largest absolute Gasteiger partial charge is 0.332 e. The number of hydrogen-bond acceptors (Lipinski definition) is 4. The fraction of sp³-hybridized carbons (Fsp3) is 0.292. The fourth-order valence-electron chi connectivity index (χ4n) is 3.71. The zero-order valence-corrected chi connectivity index (χ0v) is 17.8. The lowest BCUT2D eigenvalue weighted by atomic mass is 9.98. The van der Waals surface area contributed by atoms with E-state index in [9.17, 15) is 9.59 Å². The van der Waals surface area contributed by atoms with E-state index in [1.165, 1.54) is 4.90 Å². The second kappa shape index (κ2) is 9.30. The maximum absolute atomic E-state index is 12.1. The molecule has 6 heteroatoms. The van der Waals surface area contributed by atoms with E-state index >= 15 is 0 Å². The Morgan fingerprint density at radius 1 is 0.967 bits per heavy atom. The van der Waals surface area contributed by atoms with Gasteiger partial charge < -0.3 is 4.98 Å². The number of piperidine rings is 1. The lowest BCUT2D eigenvalue weighted by Gasteiger charge is -2.28. The molecule has 0 atom stereocenters. The number of H-pyrrole nitrogens is 1. The van der Waals surface area contributed by atoms with Crippen LogP contribution >= 0.6 is 11.8 Å². The van der Waals surface area contributed by atoms with Crippen LogP contribution in [0.5, 0.6) is 0 Å². The van der Waals surface area contributed by atoms with Gasteiger partial charge in [0, 0.05) is 36.3 Å². The number of carbonyl (C=O) groups is 2. The van der Waals surface area contributed by atoms with Crippen LogP contribution in [0.25, 0.3) is 22.5 Å². The number of imide groups is 1. The van der Waals surface area contributed by atoms with Crippen LogP contribution < -0.4 is 0 Å². The molecule has 1 fully saturated rings. The predicted molar refractivity (Wildman–Crippen MR) is 120 cm³/mol. The van der Waals surface area contributed by atoms with Gasteiger partial charge in [-0.25, -0.2) is 4.98 Å². The molecule has 0 bridgehead atoms. The summed E-state index contributed by atoms with van der Waals surface area (Å²) < 4.78 is 0. The van der Waals surface area contributed by atoms with Crippen molar-refractivity contribution in [3.63, 3.8) is 0 Å². The second-order valence-corrected chi connectivity index (χ2v) is 8.74. The van der Waals surface area contributed by atoms with Crippen molar-refractivity contribution in [1.29, 1.82) is 0 Å². The van der Waals surface area contributed by atoms with E-state index < -0.39 is 0 Å². The number of amides is 2. The van der Waals surface area contributed by atoms with Gasteiger partial charge in [0.15, 0.2) is 5.16 Å². The third kappa shape index (κ3) is 4.65. The van der Waals surface area contributed by atoms with Crippen molar-refractivity contribution >= 4 is 23.6 Å². The number of rotatable bonds is 7. The van der Waals surface area contributed by atoms with Crippen LogP contribution in [0.4, 0.5) is 0 Å². The fourth-order valence-corrected chi connectivity index (χ4v) is 4.50. The molecule has 30 heavy (non-hydrogen) atoms. The summed E-state index contributed by atoms with van der Waals surface area (Å²) in [6, 6.07) is 20.3. The molecule has 1 aliphatic rings. The van der Waals surface area contributed by atoms with Crippen LogP contribution in [0.1, 0.15) is 26.2 Å². The number of aromatic amines is 1. The van der Waals surface area contributed by atoms with Crippen molar-refractivity contribution in [3.8, 4) is 22.5 Å². The minimum Gasteiger partial charge on any atom is -0.332 e. The zero-order valence-electron chi connectivity index (χ0n) is 17.0. The van der Waals surface area contributed by atoms with Gasteiger partial charge in [-0.05, 0) is 12.3 Å². The molecule has 1 aromatic heterocycles. The zero-order chi connectivity index (χ0) is 20.9. The SMILES string of the molecule is CC1CC(=O)N(CCCSc2nc(-c3ccccc3)c(-c3ccccc3)[nH]2)C(=O)C1. The summed E-state index contributed by atoms with van der Waals surface area (Å²) in [4.78, 5) is 34.0. The van der Waals surface area contributed by atoms with Crippen molar-refractivity contribution in [2.75, 3.05) is 12.3 Å². The molecule has 0 spiro atoms. The molecule has 2 aromatic carbocycles. The molecule has 2 heterocycles. The van der Waals surface area contributed by atoms with Crippen molar-refractivity contribution in [2.24, 2.45) is 5.92 Å². The van der Waals surface area contributed by atoms with Gasteiger partial charge in [0.05, 0.1) is 11.4 Å². The molecule has 154 valence electrons. The van der Waals surface area contributed by atoms with Crippen molar-refractivity contribution in [3.05, 3.63) is 60.7 Å². The topological polar surface area (TPSA) is 66.1 Å². The number of carbonyl (C=O) groups excluding carboxylic acids is 2. The molecule has 1 saturated heterocycles. The summed E-state index contributed by atoms with van der Waals surface area (Å²) in [6.45, 7) is 2.43. The van der Waals surface area contributed by atoms with E-state index in [1.807, 2.05) is 43.3 Å². The van der Waals surface area contributed by atoms with Crippen LogP contribution in [0, 0.1) is 5.92 Å². The Morgan fingerprint density at radius 2 is 1.57 bits per heavy atom. The molecule has 4 rings (SSSR count). The molecule has 1 N–H and O–H groups in total. The predicted octanol–water partition coefficient (Wildman–Crippen LogP) is 5.01. The van der Waals surface area contributed by atoms with Gasteiger partial charge in [0.2, 0.25) is 11.8 Å². The lowest BCUT2D eigenvalue weighted by molar-refractivity contribution is -0.149. The van der Waals surface area contributed by atoms with Crippen LogP contribution in [0.2, 0.25) is 0 Å². The van der Waals surface area contributed by atoms with E-state index in [2.05, 4.69) is 29.2 Å². The Labute approximate surface area is 180 Å². The van der Waals surface area contributed by atoms with Crippen LogP contribution in [0.15, 0.2) is 65.8 Å². The molecule has 0 radical (unpaired) electrons. The Morgan fingerprint density at radius 3 is 2.20 bits per heavy atom. The number of nitrogens with one attached hydrogen (secondary N) is 1. The summed E-state index contributed by atoms with van der Waals surface area (Å²) in [6.07, 6.45) is 1.69. The maximum atomic E-state index is 12.1. The molecule has 1 aliphatic heterocycles. The van der Waals surface area contributed by atoms with Crippen LogP contribution in [-0.2, 0) is 9.59 Å². The van der Waals surface area contributed by atoms with E-state index in [4.69, 9.17) is 4.98 Å².